The Kier molecular flexibility index (Phi) is 6.01. The summed E-state index contributed by atoms with van der Waals surface area (Å²) < 4.78 is 0. The van der Waals surface area contributed by atoms with E-state index in [4.69, 9.17) is 5.11 Å². The molecule has 1 aromatic heterocycles. The van der Waals surface area contributed by atoms with Gasteiger partial charge in [-0.3, -0.25) is 4.79 Å². The van der Waals surface area contributed by atoms with Crippen molar-refractivity contribution in [2.75, 3.05) is 6.54 Å². The van der Waals surface area contributed by atoms with E-state index in [0.29, 0.717) is 12.5 Å². The zero-order valence-corrected chi connectivity index (χ0v) is 13.8. The molecule has 2 N–H and O–H groups in total. The topological polar surface area (TPSA) is 92.2 Å². The van der Waals surface area contributed by atoms with Crippen LogP contribution in [0.25, 0.3) is 0 Å². The van der Waals surface area contributed by atoms with E-state index in [-0.39, 0.29) is 17.3 Å². The number of carbonyl (C=O) groups is 2. The van der Waals surface area contributed by atoms with Gasteiger partial charge in [0.15, 0.2) is 5.69 Å². The molecule has 0 spiro atoms. The van der Waals surface area contributed by atoms with Crippen LogP contribution in [0, 0.1) is 0 Å². The molecule has 0 unspecified atom stereocenters. The lowest BCUT2D eigenvalue weighted by molar-refractivity contribution is 0.0689. The third-order valence-corrected chi connectivity index (χ3v) is 3.68. The number of amides is 1. The zero-order valence-electron chi connectivity index (χ0n) is 13.8. The number of aryl methyl sites for hydroxylation is 1. The second-order valence-electron chi connectivity index (χ2n) is 5.85. The summed E-state index contributed by atoms with van der Waals surface area (Å²) >= 11 is 0. The Morgan fingerprint density at radius 3 is 2.25 bits per heavy atom. The van der Waals surface area contributed by atoms with Crippen molar-refractivity contribution >= 4 is 11.9 Å². The molecule has 0 aliphatic rings. The molecule has 0 saturated heterocycles. The minimum atomic E-state index is -1.17. The quantitative estimate of drug-likeness (QED) is 0.763. The molecule has 6 heteroatoms. The Morgan fingerprint density at radius 1 is 1.08 bits per heavy atom. The maximum Gasteiger partial charge on any atom is 0.356 e. The third-order valence-electron chi connectivity index (χ3n) is 3.68. The van der Waals surface area contributed by atoms with Crippen LogP contribution in [0.2, 0.25) is 0 Å². The fourth-order valence-corrected chi connectivity index (χ4v) is 2.21. The summed E-state index contributed by atoms with van der Waals surface area (Å²) in [5.74, 6) is -1.00. The fourth-order valence-electron chi connectivity index (χ4n) is 2.21. The van der Waals surface area contributed by atoms with E-state index >= 15 is 0 Å². The molecule has 0 atom stereocenters. The summed E-state index contributed by atoms with van der Waals surface area (Å²) in [6, 6.07) is 8.51. The Morgan fingerprint density at radius 2 is 1.71 bits per heavy atom. The predicted molar refractivity (Wildman–Crippen MR) is 90.2 cm³/mol. The second kappa shape index (κ2) is 8.19. The average molecular weight is 327 g/mol. The molecule has 0 aliphatic heterocycles. The van der Waals surface area contributed by atoms with Crippen LogP contribution in [0.15, 0.2) is 36.7 Å². The Balaban J connectivity index is 1.77. The summed E-state index contributed by atoms with van der Waals surface area (Å²) in [6.45, 7) is 4.85. The number of rotatable bonds is 7. The number of carbonyl (C=O) groups excluding carboxylic acids is 1. The van der Waals surface area contributed by atoms with Crippen LogP contribution < -0.4 is 5.32 Å². The van der Waals surface area contributed by atoms with Gasteiger partial charge in [0, 0.05) is 6.54 Å². The van der Waals surface area contributed by atoms with Gasteiger partial charge in [0.25, 0.3) is 5.91 Å². The summed E-state index contributed by atoms with van der Waals surface area (Å²) in [7, 11) is 0. The van der Waals surface area contributed by atoms with Gasteiger partial charge in [0.05, 0.1) is 12.4 Å². The van der Waals surface area contributed by atoms with Crippen LogP contribution in [0.3, 0.4) is 0 Å². The van der Waals surface area contributed by atoms with E-state index in [9.17, 15) is 9.59 Å². The number of hydrogen-bond acceptors (Lipinski definition) is 4. The van der Waals surface area contributed by atoms with Crippen LogP contribution in [0.1, 0.15) is 58.3 Å². The molecule has 0 fully saturated rings. The van der Waals surface area contributed by atoms with Gasteiger partial charge in [-0.2, -0.15) is 0 Å². The fraction of sp³-hybridized carbons (Fsp3) is 0.333. The van der Waals surface area contributed by atoms with E-state index in [1.807, 2.05) is 0 Å². The predicted octanol–water partition coefficient (Wildman–Crippen LogP) is 2.66. The smallest absolute Gasteiger partial charge is 0.356 e. The molecule has 24 heavy (non-hydrogen) atoms. The molecule has 0 aliphatic carbocycles. The Hall–Kier alpha value is -2.76. The van der Waals surface area contributed by atoms with Crippen molar-refractivity contribution in [3.8, 4) is 0 Å². The standard InChI is InChI=1S/C18H21N3O3/c1-12(2)14-7-5-13(6-8-14)4-3-9-19-17(22)15-10-21-16(11-20-15)18(23)24/h5-8,10-12H,3-4,9H2,1-2H3,(H,19,22)(H,23,24). The second-order valence-corrected chi connectivity index (χ2v) is 5.85. The molecule has 0 radical (unpaired) electrons. The number of hydrogen-bond donors (Lipinski definition) is 2. The first kappa shape index (κ1) is 17.6. The van der Waals surface area contributed by atoms with E-state index in [2.05, 4.69) is 53.4 Å². The zero-order chi connectivity index (χ0) is 17.5. The van der Waals surface area contributed by atoms with Crippen molar-refractivity contribution in [1.82, 2.24) is 15.3 Å². The highest BCUT2D eigenvalue weighted by Crippen LogP contribution is 2.15. The molecule has 1 aromatic carbocycles. The van der Waals surface area contributed by atoms with Crippen molar-refractivity contribution in [3.05, 3.63) is 59.2 Å². The summed E-state index contributed by atoms with van der Waals surface area (Å²) in [5.41, 5.74) is 2.48. The SMILES string of the molecule is CC(C)c1ccc(CCCNC(=O)c2cnc(C(=O)O)cn2)cc1. The number of nitrogens with one attached hydrogen (secondary N) is 1. The normalized spacial score (nSPS) is 10.6. The van der Waals surface area contributed by atoms with Gasteiger partial charge < -0.3 is 10.4 Å². The highest BCUT2D eigenvalue weighted by molar-refractivity contribution is 5.92. The van der Waals surface area contributed by atoms with Crippen molar-refractivity contribution in [2.45, 2.75) is 32.6 Å². The van der Waals surface area contributed by atoms with E-state index in [1.165, 1.54) is 17.3 Å². The van der Waals surface area contributed by atoms with Gasteiger partial charge in [-0.25, -0.2) is 14.8 Å². The van der Waals surface area contributed by atoms with Crippen LogP contribution >= 0.6 is 0 Å². The van der Waals surface area contributed by atoms with Gasteiger partial charge in [0.1, 0.15) is 5.69 Å². The van der Waals surface area contributed by atoms with Crippen molar-refractivity contribution in [3.63, 3.8) is 0 Å². The molecule has 6 nitrogen and oxygen atoms in total. The van der Waals surface area contributed by atoms with E-state index in [1.54, 1.807) is 0 Å². The van der Waals surface area contributed by atoms with Crippen LogP contribution in [-0.4, -0.2) is 33.5 Å². The van der Waals surface area contributed by atoms with Crippen molar-refractivity contribution in [1.29, 1.82) is 0 Å². The summed E-state index contributed by atoms with van der Waals surface area (Å²) in [5, 5.41) is 11.5. The first-order valence-corrected chi connectivity index (χ1v) is 7.89. The van der Waals surface area contributed by atoms with Crippen molar-refractivity contribution < 1.29 is 14.7 Å². The molecule has 2 rings (SSSR count). The van der Waals surface area contributed by atoms with Gasteiger partial charge >= 0.3 is 5.97 Å². The highest BCUT2D eigenvalue weighted by atomic mass is 16.4. The lowest BCUT2D eigenvalue weighted by Crippen LogP contribution is -2.26. The van der Waals surface area contributed by atoms with Crippen LogP contribution in [-0.2, 0) is 6.42 Å². The molecule has 0 saturated carbocycles. The van der Waals surface area contributed by atoms with Crippen molar-refractivity contribution in [2.24, 2.45) is 0 Å². The van der Waals surface area contributed by atoms with Gasteiger partial charge in [0.2, 0.25) is 0 Å². The number of nitrogens with zero attached hydrogens (tertiary/aromatic N) is 2. The van der Waals surface area contributed by atoms with Crippen LogP contribution in [0.4, 0.5) is 0 Å². The summed E-state index contributed by atoms with van der Waals surface area (Å²) in [6.07, 6.45) is 3.94. The number of carboxylic acids is 1. The molecule has 126 valence electrons. The number of benzene rings is 1. The average Bonchev–Trinajstić information content (AvgIpc) is 2.59. The maximum atomic E-state index is 11.9. The van der Waals surface area contributed by atoms with Gasteiger partial charge in [-0.05, 0) is 29.9 Å². The van der Waals surface area contributed by atoms with Gasteiger partial charge in [-0.15, -0.1) is 0 Å². The molecular weight excluding hydrogens is 306 g/mol. The first-order chi connectivity index (χ1) is 11.5. The minimum absolute atomic E-state index is 0.112. The molecule has 1 amide bonds. The van der Waals surface area contributed by atoms with E-state index in [0.717, 1.165) is 19.0 Å². The lowest BCUT2D eigenvalue weighted by atomic mass is 10.0. The Bertz CT molecular complexity index is 694. The third kappa shape index (κ3) is 4.87. The number of aromatic carboxylic acids is 1. The molecule has 0 bridgehead atoms. The Labute approximate surface area is 141 Å². The molecule has 1 heterocycles. The largest absolute Gasteiger partial charge is 0.476 e. The van der Waals surface area contributed by atoms with Gasteiger partial charge in [-0.1, -0.05) is 38.1 Å². The molecular formula is C18H21N3O3. The minimum Gasteiger partial charge on any atom is -0.476 e. The van der Waals surface area contributed by atoms with Crippen LogP contribution in [0.5, 0.6) is 0 Å². The first-order valence-electron chi connectivity index (χ1n) is 7.89. The van der Waals surface area contributed by atoms with E-state index < -0.39 is 5.97 Å². The number of carboxylic acid groups (broad SMARTS) is 1. The lowest BCUT2D eigenvalue weighted by Gasteiger charge is -2.07. The monoisotopic (exact) mass is 327 g/mol. The summed E-state index contributed by atoms with van der Waals surface area (Å²) in [4.78, 5) is 30.1. The highest BCUT2D eigenvalue weighted by Gasteiger charge is 2.10. The molecule has 2 aromatic rings. The maximum absolute atomic E-state index is 11.9. The number of aromatic nitrogens is 2.